The van der Waals surface area contributed by atoms with Crippen LogP contribution in [0.5, 0.6) is 0 Å². The number of nitrogens with two attached hydrogens (primary N) is 1. The van der Waals surface area contributed by atoms with Crippen LogP contribution in [0.1, 0.15) is 11.1 Å². The fourth-order valence-electron chi connectivity index (χ4n) is 3.88. The molecule has 43 heavy (non-hydrogen) atoms. The lowest BCUT2D eigenvalue weighted by molar-refractivity contribution is -0.111. The molecule has 5 aromatic rings. The highest BCUT2D eigenvalue weighted by atomic mass is 32.2. The number of nitrogens with zero attached hydrogens (tertiary/aromatic N) is 3. The maximum Gasteiger partial charge on any atom is 0.294 e. The molecular weight excluding hydrogens is 590 g/mol. The van der Waals surface area contributed by atoms with Gasteiger partial charge in [0.2, 0.25) is 5.91 Å². The van der Waals surface area contributed by atoms with Crippen LogP contribution < -0.4 is 11.1 Å². The van der Waals surface area contributed by atoms with Gasteiger partial charge in [-0.05, 0) is 72.2 Å². The number of hydrogen-bond acceptors (Lipinski definition) is 7. The zero-order chi connectivity index (χ0) is 31.2. The Labute approximate surface area is 249 Å². The maximum atomic E-state index is 12.9. The normalized spacial score (nSPS) is 11.6. The molecule has 2 aromatic heterocycles. The van der Waals surface area contributed by atoms with E-state index in [1.807, 2.05) is 13.2 Å². The quantitative estimate of drug-likeness (QED) is 0.135. The van der Waals surface area contributed by atoms with Crippen LogP contribution in [0.2, 0.25) is 0 Å². The Morgan fingerprint density at radius 3 is 2.23 bits per heavy atom. The lowest BCUT2D eigenvalue weighted by Gasteiger charge is -2.06. The first-order valence-electron chi connectivity index (χ1n) is 12.7. The summed E-state index contributed by atoms with van der Waals surface area (Å²) in [4.78, 5) is 12.2. The van der Waals surface area contributed by atoms with Crippen molar-refractivity contribution in [2.45, 2.75) is 16.7 Å². The third-order valence-corrected chi connectivity index (χ3v) is 8.59. The summed E-state index contributed by atoms with van der Waals surface area (Å²) in [7, 11) is -5.96. The molecule has 0 aliphatic heterocycles. The second kappa shape index (κ2) is 12.9. The van der Waals surface area contributed by atoms with Gasteiger partial charge in [0.15, 0.2) is 0 Å². The molecule has 2 heterocycles. The van der Waals surface area contributed by atoms with Crippen molar-refractivity contribution in [3.63, 3.8) is 0 Å². The first-order chi connectivity index (χ1) is 20.3. The van der Waals surface area contributed by atoms with Gasteiger partial charge in [0.05, 0.1) is 27.4 Å². The molecule has 4 N–H and O–H groups in total. The van der Waals surface area contributed by atoms with Crippen LogP contribution in [0.4, 0.5) is 11.4 Å². The van der Waals surface area contributed by atoms with E-state index in [9.17, 15) is 21.6 Å². The minimum absolute atomic E-state index is 0.0579. The SMILES string of the molecule is Cc1cccc(S(=O)(=O)O)c1.Cn1cc(-c2ccc(S(=O)(=O)n3ccc(/C=C/C(=O)Nc4ccccc4N)c3)cc2)cn1. The zero-order valence-electron chi connectivity index (χ0n) is 23.2. The number of aryl methyl sites for hydroxylation is 2. The molecule has 13 heteroatoms. The molecule has 11 nitrogen and oxygen atoms in total. The van der Waals surface area contributed by atoms with Gasteiger partial charge in [0.1, 0.15) is 0 Å². The molecule has 5 rings (SSSR count). The van der Waals surface area contributed by atoms with Gasteiger partial charge in [-0.1, -0.05) is 36.4 Å². The fraction of sp³-hybridized carbons (Fsp3) is 0.0667. The molecule has 0 aliphatic carbocycles. The van der Waals surface area contributed by atoms with E-state index in [1.165, 1.54) is 36.7 Å². The minimum Gasteiger partial charge on any atom is -0.397 e. The van der Waals surface area contributed by atoms with Crippen molar-refractivity contribution in [3.8, 4) is 11.1 Å². The molecule has 0 unspecified atom stereocenters. The second-order valence-electron chi connectivity index (χ2n) is 9.41. The van der Waals surface area contributed by atoms with Crippen LogP contribution >= 0.6 is 0 Å². The number of nitrogens with one attached hydrogen (secondary N) is 1. The third-order valence-electron chi connectivity index (χ3n) is 6.09. The summed E-state index contributed by atoms with van der Waals surface area (Å²) in [5.41, 5.74) is 9.93. The number of hydrogen-bond donors (Lipinski definition) is 3. The molecule has 0 fully saturated rings. The zero-order valence-corrected chi connectivity index (χ0v) is 24.8. The van der Waals surface area contributed by atoms with E-state index in [-0.39, 0.29) is 15.7 Å². The highest BCUT2D eigenvalue weighted by molar-refractivity contribution is 7.90. The van der Waals surface area contributed by atoms with Gasteiger partial charge in [0, 0.05) is 37.3 Å². The Kier molecular flexibility index (Phi) is 9.29. The van der Waals surface area contributed by atoms with Crippen LogP contribution in [0.25, 0.3) is 17.2 Å². The largest absolute Gasteiger partial charge is 0.397 e. The van der Waals surface area contributed by atoms with Gasteiger partial charge in [-0.25, -0.2) is 12.4 Å². The van der Waals surface area contributed by atoms with Crippen molar-refractivity contribution >= 4 is 43.5 Å². The molecular formula is C30H29N5O6S2. The number of carbonyl (C=O) groups excluding carboxylic acids is 1. The Balaban J connectivity index is 0.000000324. The molecule has 0 saturated carbocycles. The average molecular weight is 620 g/mol. The summed E-state index contributed by atoms with van der Waals surface area (Å²) >= 11 is 0. The van der Waals surface area contributed by atoms with Crippen molar-refractivity contribution in [2.75, 3.05) is 11.1 Å². The highest BCUT2D eigenvalue weighted by Gasteiger charge is 2.17. The summed E-state index contributed by atoms with van der Waals surface area (Å²) in [5, 5.41) is 6.81. The van der Waals surface area contributed by atoms with Crippen molar-refractivity contribution < 1.29 is 26.2 Å². The number of anilines is 2. The number of amides is 1. The van der Waals surface area contributed by atoms with Gasteiger partial charge in [-0.2, -0.15) is 13.5 Å². The van der Waals surface area contributed by atoms with E-state index in [0.29, 0.717) is 16.9 Å². The lowest BCUT2D eigenvalue weighted by atomic mass is 10.1. The first kappa shape index (κ1) is 31.0. The Hall–Kier alpha value is -4.98. The van der Waals surface area contributed by atoms with Crippen LogP contribution in [-0.4, -0.2) is 41.0 Å². The number of nitrogen functional groups attached to an aromatic ring is 1. The van der Waals surface area contributed by atoms with E-state index in [0.717, 1.165) is 20.7 Å². The smallest absolute Gasteiger partial charge is 0.294 e. The molecule has 1 amide bonds. The molecule has 0 bridgehead atoms. The van der Waals surface area contributed by atoms with E-state index in [1.54, 1.807) is 84.5 Å². The predicted octanol–water partition coefficient (Wildman–Crippen LogP) is 4.60. The van der Waals surface area contributed by atoms with Crippen LogP contribution in [0, 0.1) is 6.92 Å². The molecule has 222 valence electrons. The fourth-order valence-corrected chi connectivity index (χ4v) is 5.68. The standard InChI is InChI=1S/C23H21N5O3S.C7H8O3S/c1-27-16-19(14-25-27)18-7-9-20(10-8-18)32(30,31)28-13-12-17(15-28)6-11-23(29)26-22-5-3-2-4-21(22)24;1-6-3-2-4-7(5-6)11(8,9)10/h2-16H,24H2,1H3,(H,26,29);2-5H,1H3,(H,8,9,10)/b11-6+;. The summed E-state index contributed by atoms with van der Waals surface area (Å²) in [6.07, 6.45) is 9.32. The Morgan fingerprint density at radius 2 is 1.63 bits per heavy atom. The van der Waals surface area contributed by atoms with E-state index in [4.69, 9.17) is 10.3 Å². The van der Waals surface area contributed by atoms with E-state index < -0.39 is 20.1 Å². The number of para-hydroxylation sites is 2. The van der Waals surface area contributed by atoms with Gasteiger partial charge in [-0.3, -0.25) is 14.0 Å². The van der Waals surface area contributed by atoms with Gasteiger partial charge in [0.25, 0.3) is 20.1 Å². The van der Waals surface area contributed by atoms with E-state index >= 15 is 0 Å². The molecule has 0 aliphatic rings. The summed E-state index contributed by atoms with van der Waals surface area (Å²) in [6.45, 7) is 1.76. The minimum atomic E-state index is -4.03. The molecule has 0 atom stereocenters. The van der Waals surface area contributed by atoms with Crippen molar-refractivity contribution in [3.05, 3.63) is 121 Å². The molecule has 0 spiro atoms. The predicted molar refractivity (Wildman–Crippen MR) is 165 cm³/mol. The first-order valence-corrected chi connectivity index (χ1v) is 15.6. The van der Waals surface area contributed by atoms with Crippen LogP contribution in [-0.2, 0) is 32.0 Å². The topological polar surface area (TPSA) is 166 Å². The maximum absolute atomic E-state index is 12.9. The van der Waals surface area contributed by atoms with Crippen molar-refractivity contribution in [2.24, 2.45) is 7.05 Å². The van der Waals surface area contributed by atoms with Gasteiger partial charge in [-0.15, -0.1) is 0 Å². The Bertz CT molecular complexity index is 1990. The van der Waals surface area contributed by atoms with Crippen LogP contribution in [0.3, 0.4) is 0 Å². The van der Waals surface area contributed by atoms with Crippen LogP contribution in [0.15, 0.2) is 120 Å². The molecule has 0 radical (unpaired) electrons. The second-order valence-corrected chi connectivity index (χ2v) is 12.7. The Morgan fingerprint density at radius 1 is 0.907 bits per heavy atom. The number of carbonyl (C=O) groups is 1. The number of rotatable bonds is 7. The summed E-state index contributed by atoms with van der Waals surface area (Å²) in [5.74, 6) is -0.371. The monoisotopic (exact) mass is 619 g/mol. The van der Waals surface area contributed by atoms with Crippen molar-refractivity contribution in [1.29, 1.82) is 0 Å². The lowest BCUT2D eigenvalue weighted by Crippen LogP contribution is -2.10. The van der Waals surface area contributed by atoms with Gasteiger partial charge >= 0.3 is 0 Å². The highest BCUT2D eigenvalue weighted by Crippen LogP contribution is 2.23. The summed E-state index contributed by atoms with van der Waals surface area (Å²) < 4.78 is 58.4. The van der Waals surface area contributed by atoms with Gasteiger partial charge < -0.3 is 11.1 Å². The van der Waals surface area contributed by atoms with Crippen molar-refractivity contribution in [1.82, 2.24) is 13.8 Å². The number of aromatic nitrogens is 3. The summed E-state index contributed by atoms with van der Waals surface area (Å²) in [6, 6.07) is 21.3. The third kappa shape index (κ3) is 8.07. The molecule has 0 saturated heterocycles. The molecule has 3 aromatic carbocycles. The number of benzene rings is 3. The average Bonchev–Trinajstić information content (AvgIpc) is 3.63. The van der Waals surface area contributed by atoms with E-state index in [2.05, 4.69) is 10.4 Å².